The molecule has 3 aliphatic carbocycles. The van der Waals surface area contributed by atoms with Crippen LogP contribution in [0.4, 0.5) is 0 Å². The Labute approximate surface area is 117 Å². The van der Waals surface area contributed by atoms with E-state index >= 15 is 0 Å². The maximum Gasteiger partial charge on any atom is 0.0569 e. The number of allylic oxidation sites excluding steroid dienone is 2. The summed E-state index contributed by atoms with van der Waals surface area (Å²) in [5.41, 5.74) is 1.85. The molecule has 5 unspecified atom stereocenters. The summed E-state index contributed by atoms with van der Waals surface area (Å²) in [4.78, 5) is 0. The Balaban J connectivity index is 2.04. The summed E-state index contributed by atoms with van der Waals surface area (Å²) >= 11 is 0. The number of terminal acetylenes is 1. The van der Waals surface area contributed by atoms with E-state index in [-0.39, 0.29) is 16.9 Å². The molecule has 0 amide bonds. The number of hydrogen-bond donors (Lipinski definition) is 1. The molecule has 0 saturated heterocycles. The highest BCUT2D eigenvalue weighted by atomic mass is 16.3. The van der Waals surface area contributed by atoms with Gasteiger partial charge >= 0.3 is 0 Å². The second kappa shape index (κ2) is 4.38. The van der Waals surface area contributed by atoms with E-state index in [0.717, 1.165) is 19.3 Å². The minimum atomic E-state index is -0.111. The van der Waals surface area contributed by atoms with E-state index in [0.29, 0.717) is 11.8 Å². The van der Waals surface area contributed by atoms with Gasteiger partial charge in [-0.15, -0.1) is 6.42 Å². The van der Waals surface area contributed by atoms with Gasteiger partial charge in [0, 0.05) is 0 Å². The molecule has 1 heteroatoms. The van der Waals surface area contributed by atoms with Crippen molar-refractivity contribution < 1.29 is 5.11 Å². The van der Waals surface area contributed by atoms with E-state index in [4.69, 9.17) is 6.42 Å². The van der Waals surface area contributed by atoms with E-state index in [1.165, 1.54) is 25.7 Å². The lowest BCUT2D eigenvalue weighted by atomic mass is 9.47. The van der Waals surface area contributed by atoms with Crippen molar-refractivity contribution in [3.8, 4) is 12.3 Å². The van der Waals surface area contributed by atoms with Gasteiger partial charge in [0.2, 0.25) is 0 Å². The lowest BCUT2D eigenvalue weighted by molar-refractivity contribution is -0.0467. The van der Waals surface area contributed by atoms with Gasteiger partial charge in [0.05, 0.1) is 11.5 Å². The SMILES string of the molecule is C#CC12CCCC=C1C1(C)CCC(O)C(C)C1CC2. The van der Waals surface area contributed by atoms with Crippen molar-refractivity contribution in [3.05, 3.63) is 11.6 Å². The van der Waals surface area contributed by atoms with Crippen LogP contribution in [-0.2, 0) is 0 Å². The van der Waals surface area contributed by atoms with Gasteiger partial charge in [-0.2, -0.15) is 0 Å². The predicted molar refractivity (Wildman–Crippen MR) is 78.4 cm³/mol. The van der Waals surface area contributed by atoms with Crippen molar-refractivity contribution in [1.29, 1.82) is 0 Å². The molecule has 0 aromatic carbocycles. The minimum Gasteiger partial charge on any atom is -0.393 e. The van der Waals surface area contributed by atoms with Crippen LogP contribution in [0.5, 0.6) is 0 Å². The van der Waals surface area contributed by atoms with Crippen LogP contribution in [0.3, 0.4) is 0 Å². The zero-order valence-corrected chi connectivity index (χ0v) is 12.3. The van der Waals surface area contributed by atoms with Crippen molar-refractivity contribution in [2.45, 2.75) is 64.9 Å². The van der Waals surface area contributed by atoms with E-state index in [2.05, 4.69) is 25.8 Å². The predicted octanol–water partition coefficient (Wildman–Crippen LogP) is 3.92. The maximum atomic E-state index is 10.2. The highest BCUT2D eigenvalue weighted by Gasteiger charge is 2.55. The Morgan fingerprint density at radius 3 is 2.84 bits per heavy atom. The molecule has 104 valence electrons. The topological polar surface area (TPSA) is 20.2 Å². The summed E-state index contributed by atoms with van der Waals surface area (Å²) in [6.45, 7) is 4.65. The van der Waals surface area contributed by atoms with Gasteiger partial charge in [-0.05, 0) is 67.8 Å². The third kappa shape index (κ3) is 1.73. The molecule has 0 bridgehead atoms. The average molecular weight is 258 g/mol. The summed E-state index contributed by atoms with van der Waals surface area (Å²) in [6.07, 6.45) is 16.3. The van der Waals surface area contributed by atoms with Gasteiger partial charge in [0.25, 0.3) is 0 Å². The van der Waals surface area contributed by atoms with Crippen LogP contribution in [0.2, 0.25) is 0 Å². The highest BCUT2D eigenvalue weighted by Crippen LogP contribution is 2.62. The Morgan fingerprint density at radius 2 is 2.11 bits per heavy atom. The van der Waals surface area contributed by atoms with Gasteiger partial charge in [0.15, 0.2) is 0 Å². The Hall–Kier alpha value is -0.740. The van der Waals surface area contributed by atoms with E-state index in [1.807, 2.05) is 0 Å². The molecule has 0 aromatic rings. The number of aliphatic hydroxyl groups excluding tert-OH is 1. The van der Waals surface area contributed by atoms with Gasteiger partial charge in [-0.1, -0.05) is 25.8 Å². The molecule has 1 N–H and O–H groups in total. The quantitative estimate of drug-likeness (QED) is 0.516. The second-order valence-electron chi connectivity index (χ2n) is 7.26. The summed E-state index contributed by atoms with van der Waals surface area (Å²) in [7, 11) is 0. The first-order valence-corrected chi connectivity index (χ1v) is 7.90. The largest absolute Gasteiger partial charge is 0.393 e. The van der Waals surface area contributed by atoms with Gasteiger partial charge < -0.3 is 5.11 Å². The Kier molecular flexibility index (Phi) is 3.06. The van der Waals surface area contributed by atoms with Crippen molar-refractivity contribution in [2.75, 3.05) is 0 Å². The first-order chi connectivity index (χ1) is 9.03. The molecule has 3 rings (SSSR count). The van der Waals surface area contributed by atoms with Crippen LogP contribution < -0.4 is 0 Å². The summed E-state index contributed by atoms with van der Waals surface area (Å²) in [5, 5.41) is 10.2. The first kappa shape index (κ1) is 13.3. The van der Waals surface area contributed by atoms with Crippen LogP contribution in [0.25, 0.3) is 0 Å². The van der Waals surface area contributed by atoms with Crippen molar-refractivity contribution in [2.24, 2.45) is 22.7 Å². The highest BCUT2D eigenvalue weighted by molar-refractivity contribution is 5.37. The lowest BCUT2D eigenvalue weighted by Gasteiger charge is -2.58. The van der Waals surface area contributed by atoms with E-state index in [1.54, 1.807) is 5.57 Å². The van der Waals surface area contributed by atoms with Crippen molar-refractivity contribution in [1.82, 2.24) is 0 Å². The molecule has 0 spiro atoms. The Bertz CT molecular complexity index is 443. The number of rotatable bonds is 0. The third-order valence-corrected chi connectivity index (χ3v) is 6.46. The average Bonchev–Trinajstić information content (AvgIpc) is 2.43. The number of aliphatic hydroxyl groups is 1. The van der Waals surface area contributed by atoms with Crippen LogP contribution in [-0.4, -0.2) is 11.2 Å². The molecule has 0 heterocycles. The maximum absolute atomic E-state index is 10.2. The molecule has 19 heavy (non-hydrogen) atoms. The first-order valence-electron chi connectivity index (χ1n) is 7.90. The van der Waals surface area contributed by atoms with Crippen LogP contribution >= 0.6 is 0 Å². The molecule has 0 aliphatic heterocycles. The lowest BCUT2D eigenvalue weighted by Crippen LogP contribution is -2.51. The van der Waals surface area contributed by atoms with Gasteiger partial charge in [-0.25, -0.2) is 0 Å². The second-order valence-corrected chi connectivity index (χ2v) is 7.26. The fraction of sp³-hybridized carbons (Fsp3) is 0.778. The molecule has 1 nitrogen and oxygen atoms in total. The van der Waals surface area contributed by atoms with Crippen LogP contribution in [0.15, 0.2) is 11.6 Å². The van der Waals surface area contributed by atoms with Crippen LogP contribution in [0.1, 0.15) is 58.8 Å². The molecule has 2 fully saturated rings. The smallest absolute Gasteiger partial charge is 0.0569 e. The zero-order valence-electron chi connectivity index (χ0n) is 12.3. The summed E-state index contributed by atoms with van der Waals surface area (Å²) < 4.78 is 0. The molecule has 3 aliphatic rings. The monoisotopic (exact) mass is 258 g/mol. The summed E-state index contributed by atoms with van der Waals surface area (Å²) in [5.74, 6) is 4.20. The molecular formula is C18H26O. The third-order valence-electron chi connectivity index (χ3n) is 6.46. The van der Waals surface area contributed by atoms with Crippen molar-refractivity contribution >= 4 is 0 Å². The Morgan fingerprint density at radius 1 is 1.32 bits per heavy atom. The van der Waals surface area contributed by atoms with Gasteiger partial charge in [-0.3, -0.25) is 0 Å². The van der Waals surface area contributed by atoms with Gasteiger partial charge in [0.1, 0.15) is 0 Å². The van der Waals surface area contributed by atoms with Crippen molar-refractivity contribution in [3.63, 3.8) is 0 Å². The zero-order chi connectivity index (χ0) is 13.7. The fourth-order valence-corrected chi connectivity index (χ4v) is 5.30. The molecule has 0 radical (unpaired) electrons. The van der Waals surface area contributed by atoms with E-state index in [9.17, 15) is 5.11 Å². The molecule has 2 saturated carbocycles. The number of fused-ring (bicyclic) bond motifs is 3. The van der Waals surface area contributed by atoms with Crippen LogP contribution in [0, 0.1) is 35.0 Å². The number of hydrogen-bond acceptors (Lipinski definition) is 1. The summed E-state index contributed by atoms with van der Waals surface area (Å²) in [6, 6.07) is 0. The fourth-order valence-electron chi connectivity index (χ4n) is 5.30. The molecular weight excluding hydrogens is 232 g/mol. The normalized spacial score (nSPS) is 49.6. The minimum absolute atomic E-state index is 0.0471. The van der Waals surface area contributed by atoms with E-state index < -0.39 is 0 Å². The standard InChI is InChI=1S/C18H26O/c1-4-18-10-6-5-7-16(18)17(3)11-9-15(19)13(2)14(17)8-12-18/h1,7,13-15,19H,5-6,8-12H2,2-3H3. The molecule has 0 aromatic heterocycles. The molecule has 5 atom stereocenters.